The van der Waals surface area contributed by atoms with Crippen LogP contribution in [0.15, 0.2) is 53.5 Å². The van der Waals surface area contributed by atoms with Gasteiger partial charge in [0, 0.05) is 16.6 Å². The third kappa shape index (κ3) is 3.86. The first-order valence-electron chi connectivity index (χ1n) is 8.29. The summed E-state index contributed by atoms with van der Waals surface area (Å²) in [5, 5.41) is 11.6. The Balaban J connectivity index is 2.10. The molecule has 0 spiro atoms. The molecule has 6 heteroatoms. The lowest BCUT2D eigenvalue weighted by atomic mass is 10.1. The van der Waals surface area contributed by atoms with Gasteiger partial charge in [0.1, 0.15) is 11.2 Å². The molecule has 5 nitrogen and oxygen atoms in total. The van der Waals surface area contributed by atoms with Gasteiger partial charge < -0.3 is 10.1 Å². The highest BCUT2D eigenvalue weighted by atomic mass is 32.1. The van der Waals surface area contributed by atoms with Gasteiger partial charge in [0.05, 0.1) is 12.8 Å². The SMILES string of the molecule is COc1cccc(NC(=Nc2cccc(C)c2C)n2sc(C)cc2=N)c1. The van der Waals surface area contributed by atoms with Gasteiger partial charge in [0.2, 0.25) is 5.96 Å². The standard InChI is InChI=1S/C20H22N4OS/c1-13-7-5-10-18(15(13)3)23-20(24-19(21)11-14(2)26-24)22-16-8-6-9-17(12-16)25-4/h5-12,21H,1-4H3,(H,22,23). The molecule has 0 aliphatic carbocycles. The first-order valence-corrected chi connectivity index (χ1v) is 9.06. The average Bonchev–Trinajstić information content (AvgIpc) is 2.96. The number of aromatic nitrogens is 1. The van der Waals surface area contributed by atoms with E-state index in [0.29, 0.717) is 11.4 Å². The number of nitrogens with one attached hydrogen (secondary N) is 2. The quantitative estimate of drug-likeness (QED) is 0.525. The Labute approximate surface area is 157 Å². The molecule has 26 heavy (non-hydrogen) atoms. The molecule has 0 saturated carbocycles. The van der Waals surface area contributed by atoms with Crippen LogP contribution in [0.2, 0.25) is 0 Å². The van der Waals surface area contributed by atoms with E-state index in [1.54, 1.807) is 11.1 Å². The lowest BCUT2D eigenvalue weighted by molar-refractivity contribution is 0.415. The van der Waals surface area contributed by atoms with E-state index in [9.17, 15) is 0 Å². The average molecular weight is 366 g/mol. The molecule has 0 radical (unpaired) electrons. The summed E-state index contributed by atoms with van der Waals surface area (Å²) >= 11 is 1.49. The van der Waals surface area contributed by atoms with Gasteiger partial charge >= 0.3 is 0 Å². The minimum Gasteiger partial charge on any atom is -0.497 e. The number of anilines is 1. The summed E-state index contributed by atoms with van der Waals surface area (Å²) in [5.41, 5.74) is 4.44. The maximum atomic E-state index is 8.26. The summed E-state index contributed by atoms with van der Waals surface area (Å²) in [7, 11) is 1.64. The molecule has 134 valence electrons. The van der Waals surface area contributed by atoms with Crippen molar-refractivity contribution in [3.05, 3.63) is 70.0 Å². The van der Waals surface area contributed by atoms with Gasteiger partial charge in [-0.3, -0.25) is 5.41 Å². The van der Waals surface area contributed by atoms with Crippen LogP contribution in [0.5, 0.6) is 5.75 Å². The van der Waals surface area contributed by atoms with Crippen LogP contribution in [0, 0.1) is 26.2 Å². The Morgan fingerprint density at radius 3 is 2.58 bits per heavy atom. The summed E-state index contributed by atoms with van der Waals surface area (Å²) in [6.07, 6.45) is 0. The molecule has 0 bridgehead atoms. The molecule has 3 rings (SSSR count). The predicted octanol–water partition coefficient (Wildman–Crippen LogP) is 4.61. The van der Waals surface area contributed by atoms with E-state index in [2.05, 4.69) is 25.2 Å². The molecule has 0 amide bonds. The zero-order chi connectivity index (χ0) is 18.7. The van der Waals surface area contributed by atoms with Gasteiger partial charge in [-0.2, -0.15) is 0 Å². The van der Waals surface area contributed by atoms with E-state index in [0.717, 1.165) is 27.6 Å². The van der Waals surface area contributed by atoms with Crippen molar-refractivity contribution in [2.24, 2.45) is 4.99 Å². The topological polar surface area (TPSA) is 62.4 Å². The van der Waals surface area contributed by atoms with E-state index in [4.69, 9.17) is 15.1 Å². The molecule has 2 aromatic carbocycles. The zero-order valence-electron chi connectivity index (χ0n) is 15.3. The lowest BCUT2D eigenvalue weighted by Crippen LogP contribution is -2.28. The van der Waals surface area contributed by atoms with E-state index in [1.165, 1.54) is 17.1 Å². The largest absolute Gasteiger partial charge is 0.497 e. The Bertz CT molecular complexity index is 1020. The molecule has 2 N–H and O–H groups in total. The van der Waals surface area contributed by atoms with Crippen molar-refractivity contribution in [3.8, 4) is 5.75 Å². The van der Waals surface area contributed by atoms with E-state index < -0.39 is 0 Å². The molecular weight excluding hydrogens is 344 g/mol. The Hall–Kier alpha value is -2.86. The summed E-state index contributed by atoms with van der Waals surface area (Å²) in [5.74, 6) is 1.36. The molecule has 1 aromatic heterocycles. The highest BCUT2D eigenvalue weighted by Crippen LogP contribution is 2.23. The van der Waals surface area contributed by atoms with Crippen LogP contribution in [-0.4, -0.2) is 17.0 Å². The Kier molecular flexibility index (Phi) is 5.23. The van der Waals surface area contributed by atoms with Crippen molar-refractivity contribution in [1.29, 1.82) is 5.41 Å². The minimum absolute atomic E-state index is 0.395. The zero-order valence-corrected chi connectivity index (χ0v) is 16.1. The first-order chi connectivity index (χ1) is 12.5. The number of methoxy groups -OCH3 is 1. The number of benzene rings is 2. The smallest absolute Gasteiger partial charge is 0.223 e. The molecular formula is C20H22N4OS. The Morgan fingerprint density at radius 1 is 1.12 bits per heavy atom. The summed E-state index contributed by atoms with van der Waals surface area (Å²) in [6.45, 7) is 6.12. The fourth-order valence-corrected chi connectivity index (χ4v) is 3.33. The van der Waals surface area contributed by atoms with Crippen molar-refractivity contribution in [1.82, 2.24) is 3.96 Å². The van der Waals surface area contributed by atoms with Gasteiger partial charge in [0.15, 0.2) is 0 Å². The van der Waals surface area contributed by atoms with Crippen LogP contribution in [0.25, 0.3) is 0 Å². The molecule has 0 saturated heterocycles. The number of aliphatic imine (C=N–C) groups is 1. The molecule has 3 aromatic rings. The predicted molar refractivity (Wildman–Crippen MR) is 108 cm³/mol. The highest BCUT2D eigenvalue weighted by Gasteiger charge is 2.10. The van der Waals surface area contributed by atoms with Gasteiger partial charge in [-0.05, 0) is 56.2 Å². The molecule has 0 unspecified atom stereocenters. The van der Waals surface area contributed by atoms with Gasteiger partial charge in [-0.1, -0.05) is 29.7 Å². The maximum absolute atomic E-state index is 8.26. The van der Waals surface area contributed by atoms with Gasteiger partial charge in [-0.25, -0.2) is 8.95 Å². The minimum atomic E-state index is 0.395. The van der Waals surface area contributed by atoms with Gasteiger partial charge in [0.25, 0.3) is 0 Å². The number of nitrogens with zero attached hydrogens (tertiary/aromatic N) is 2. The van der Waals surface area contributed by atoms with Crippen LogP contribution < -0.4 is 15.5 Å². The van der Waals surface area contributed by atoms with E-state index in [-0.39, 0.29) is 0 Å². The van der Waals surface area contributed by atoms with Crippen LogP contribution in [-0.2, 0) is 0 Å². The van der Waals surface area contributed by atoms with E-state index >= 15 is 0 Å². The molecule has 0 aliphatic rings. The second kappa shape index (κ2) is 7.58. The summed E-state index contributed by atoms with van der Waals surface area (Å²) in [4.78, 5) is 5.88. The van der Waals surface area contributed by atoms with Crippen molar-refractivity contribution >= 4 is 28.9 Å². The van der Waals surface area contributed by atoms with Crippen LogP contribution >= 0.6 is 11.5 Å². The fourth-order valence-electron chi connectivity index (χ4n) is 2.55. The van der Waals surface area contributed by atoms with Crippen LogP contribution in [0.1, 0.15) is 16.0 Å². The third-order valence-corrected chi connectivity index (χ3v) is 5.07. The monoisotopic (exact) mass is 366 g/mol. The normalized spacial score (nSPS) is 11.5. The van der Waals surface area contributed by atoms with Crippen molar-refractivity contribution in [2.75, 3.05) is 12.4 Å². The summed E-state index contributed by atoms with van der Waals surface area (Å²) in [6, 6.07) is 15.6. The lowest BCUT2D eigenvalue weighted by Gasteiger charge is -2.13. The summed E-state index contributed by atoms with van der Waals surface area (Å²) < 4.78 is 7.09. The van der Waals surface area contributed by atoms with Crippen molar-refractivity contribution < 1.29 is 4.74 Å². The Morgan fingerprint density at radius 2 is 1.88 bits per heavy atom. The number of ether oxygens (including phenoxy) is 1. The van der Waals surface area contributed by atoms with Crippen molar-refractivity contribution in [2.45, 2.75) is 20.8 Å². The number of aryl methyl sites for hydroxylation is 2. The number of hydrogen-bond donors (Lipinski definition) is 2. The van der Waals surface area contributed by atoms with Crippen LogP contribution in [0.3, 0.4) is 0 Å². The number of rotatable bonds is 3. The highest BCUT2D eigenvalue weighted by molar-refractivity contribution is 7.07. The molecule has 0 atom stereocenters. The second-order valence-corrected chi connectivity index (χ2v) is 7.23. The van der Waals surface area contributed by atoms with Gasteiger partial charge in [-0.15, -0.1) is 0 Å². The maximum Gasteiger partial charge on any atom is 0.223 e. The second-order valence-electron chi connectivity index (χ2n) is 6.04. The molecule has 0 fully saturated rings. The molecule has 0 aliphatic heterocycles. The van der Waals surface area contributed by atoms with Crippen molar-refractivity contribution in [3.63, 3.8) is 0 Å². The number of hydrogen-bond acceptors (Lipinski definition) is 4. The third-order valence-electron chi connectivity index (χ3n) is 4.11. The molecule has 1 heterocycles. The first kappa shape index (κ1) is 17.9. The van der Waals surface area contributed by atoms with Crippen LogP contribution in [0.4, 0.5) is 11.4 Å². The fraction of sp³-hybridized carbons (Fsp3) is 0.200. The van der Waals surface area contributed by atoms with E-state index in [1.807, 2.05) is 49.4 Å².